The highest BCUT2D eigenvalue weighted by Crippen LogP contribution is 2.48. The molecule has 2 aliphatic heterocycles. The van der Waals surface area contributed by atoms with Crippen LogP contribution in [0.4, 0.5) is 5.13 Å². The van der Waals surface area contributed by atoms with E-state index in [4.69, 9.17) is 10.8 Å². The maximum Gasteiger partial charge on any atom is 0.193 e. The number of aromatic nitrogens is 2. The molecule has 0 aromatic carbocycles. The lowest BCUT2D eigenvalue weighted by atomic mass is 9.78. The first-order valence-electron chi connectivity index (χ1n) is 7.55. The first kappa shape index (κ1) is 13.9. The zero-order chi connectivity index (χ0) is 16.1. The van der Waals surface area contributed by atoms with Gasteiger partial charge < -0.3 is 5.73 Å². The number of rotatable bonds is 3. The number of anilines is 1. The number of hydrogen-bond acceptors (Lipinski definition) is 8. The summed E-state index contributed by atoms with van der Waals surface area (Å²) < 4.78 is 0. The second-order valence-electron chi connectivity index (χ2n) is 5.85. The largest absolute Gasteiger partial charge is 0.396 e. The lowest BCUT2D eigenvalue weighted by Gasteiger charge is -2.37. The Morgan fingerprint density at radius 1 is 1.21 bits per heavy atom. The van der Waals surface area contributed by atoms with E-state index in [1.165, 1.54) is 0 Å². The summed E-state index contributed by atoms with van der Waals surface area (Å²) in [6.45, 7) is 1.47. The third-order valence-electron chi connectivity index (χ3n) is 4.42. The summed E-state index contributed by atoms with van der Waals surface area (Å²) in [5.41, 5.74) is 8.85. The van der Waals surface area contributed by atoms with Gasteiger partial charge in [0.25, 0.3) is 0 Å². The van der Waals surface area contributed by atoms with E-state index in [1.807, 2.05) is 29.4 Å². The standard InChI is InChI=1S/C16H14N6S2/c17-11-8-22(15-19-5-7-24-15)12-2-1-3-16(12)10-21(20-14(11)16)9-13-18-4-6-23-13/h1-8H,9-10,17H2. The molecular weight excluding hydrogens is 340 g/mol. The first-order chi connectivity index (χ1) is 11.8. The Balaban J connectivity index is 1.54. The molecule has 6 nitrogen and oxygen atoms in total. The quantitative estimate of drug-likeness (QED) is 0.917. The van der Waals surface area contributed by atoms with Gasteiger partial charge in [-0.2, -0.15) is 5.10 Å². The number of nitrogens with two attached hydrogens (primary N) is 1. The SMILES string of the molecule is NC1=CN(c2nccs2)C2=CC=CC23CN(Cc2nccs2)N=C13. The minimum atomic E-state index is -0.290. The van der Waals surface area contributed by atoms with Crippen molar-refractivity contribution in [3.8, 4) is 0 Å². The average Bonchev–Trinajstić information content (AvgIpc) is 3.34. The van der Waals surface area contributed by atoms with E-state index >= 15 is 0 Å². The summed E-state index contributed by atoms with van der Waals surface area (Å²) in [6.07, 6.45) is 12.0. The fourth-order valence-corrected chi connectivity index (χ4v) is 4.71. The molecular formula is C16H14N6S2. The zero-order valence-electron chi connectivity index (χ0n) is 12.7. The molecule has 1 aliphatic carbocycles. The van der Waals surface area contributed by atoms with Crippen molar-refractivity contribution in [3.63, 3.8) is 0 Å². The smallest absolute Gasteiger partial charge is 0.193 e. The fraction of sp³-hybridized carbons (Fsp3) is 0.188. The van der Waals surface area contributed by atoms with E-state index in [2.05, 4.69) is 38.1 Å². The zero-order valence-corrected chi connectivity index (χ0v) is 14.3. The maximum atomic E-state index is 6.37. The molecule has 8 heteroatoms. The highest BCUT2D eigenvalue weighted by Gasteiger charge is 2.51. The van der Waals surface area contributed by atoms with Gasteiger partial charge in [-0.05, 0) is 6.08 Å². The number of hydrogen-bond donors (Lipinski definition) is 1. The molecule has 1 spiro atoms. The van der Waals surface area contributed by atoms with Crippen molar-refractivity contribution < 1.29 is 0 Å². The number of hydrazone groups is 1. The van der Waals surface area contributed by atoms with Crippen LogP contribution in [0, 0.1) is 5.41 Å². The van der Waals surface area contributed by atoms with Gasteiger partial charge in [0, 0.05) is 35.1 Å². The fourth-order valence-electron chi connectivity index (χ4n) is 3.45. The molecule has 1 unspecified atom stereocenters. The molecule has 2 aromatic heterocycles. The molecule has 0 radical (unpaired) electrons. The third-order valence-corrected chi connectivity index (χ3v) is 5.95. The van der Waals surface area contributed by atoms with E-state index in [0.717, 1.165) is 28.1 Å². The maximum absolute atomic E-state index is 6.37. The van der Waals surface area contributed by atoms with E-state index in [0.29, 0.717) is 12.2 Å². The Morgan fingerprint density at radius 3 is 2.88 bits per heavy atom. The Labute approximate surface area is 146 Å². The number of allylic oxidation sites excluding steroid dienone is 3. The Bertz CT molecular complexity index is 893. The van der Waals surface area contributed by atoms with Crippen molar-refractivity contribution in [1.82, 2.24) is 15.0 Å². The lowest BCUT2D eigenvalue weighted by Crippen LogP contribution is -2.44. The van der Waals surface area contributed by atoms with Gasteiger partial charge in [-0.25, -0.2) is 9.97 Å². The van der Waals surface area contributed by atoms with Crippen molar-refractivity contribution in [2.45, 2.75) is 6.54 Å². The topological polar surface area (TPSA) is 70.6 Å². The number of thiazole rings is 2. The van der Waals surface area contributed by atoms with Crippen molar-refractivity contribution in [1.29, 1.82) is 0 Å². The van der Waals surface area contributed by atoms with Crippen molar-refractivity contribution in [2.24, 2.45) is 16.3 Å². The van der Waals surface area contributed by atoms with Gasteiger partial charge in [-0.1, -0.05) is 12.2 Å². The molecule has 0 bridgehead atoms. The highest BCUT2D eigenvalue weighted by molar-refractivity contribution is 7.13. The molecule has 0 fully saturated rings. The van der Waals surface area contributed by atoms with Crippen LogP contribution in [0.15, 0.2) is 64.1 Å². The van der Waals surface area contributed by atoms with Gasteiger partial charge in [-0.3, -0.25) is 9.91 Å². The molecule has 2 N–H and O–H groups in total. The van der Waals surface area contributed by atoms with Crippen LogP contribution in [0.1, 0.15) is 5.01 Å². The molecule has 0 saturated carbocycles. The molecule has 5 rings (SSSR count). The summed E-state index contributed by atoms with van der Waals surface area (Å²) in [4.78, 5) is 10.9. The molecule has 3 aliphatic rings. The summed E-state index contributed by atoms with van der Waals surface area (Å²) in [5, 5.41) is 12.8. The predicted octanol–water partition coefficient (Wildman–Crippen LogP) is 2.53. The van der Waals surface area contributed by atoms with Crippen LogP contribution in [0.2, 0.25) is 0 Å². The summed E-state index contributed by atoms with van der Waals surface area (Å²) in [6, 6.07) is 0. The molecule has 4 heterocycles. The Kier molecular flexibility index (Phi) is 2.92. The van der Waals surface area contributed by atoms with Crippen molar-refractivity contribution in [2.75, 3.05) is 11.4 Å². The number of nitrogens with zero attached hydrogens (tertiary/aromatic N) is 5. The van der Waals surface area contributed by atoms with Crippen LogP contribution in [0.5, 0.6) is 0 Å². The molecule has 0 saturated heterocycles. The summed E-state index contributed by atoms with van der Waals surface area (Å²) >= 11 is 3.25. The van der Waals surface area contributed by atoms with Gasteiger partial charge in [0.05, 0.1) is 24.2 Å². The van der Waals surface area contributed by atoms with Gasteiger partial charge in [0.15, 0.2) is 5.13 Å². The Morgan fingerprint density at radius 2 is 2.08 bits per heavy atom. The lowest BCUT2D eigenvalue weighted by molar-refractivity contribution is 0.275. The summed E-state index contributed by atoms with van der Waals surface area (Å²) in [7, 11) is 0. The molecule has 2 aromatic rings. The summed E-state index contributed by atoms with van der Waals surface area (Å²) in [5.74, 6) is 0. The van der Waals surface area contributed by atoms with Crippen molar-refractivity contribution >= 4 is 33.5 Å². The van der Waals surface area contributed by atoms with Gasteiger partial charge >= 0.3 is 0 Å². The Hall–Kier alpha value is -2.45. The van der Waals surface area contributed by atoms with E-state index in [9.17, 15) is 0 Å². The second-order valence-corrected chi connectivity index (χ2v) is 7.70. The normalized spacial score (nSPS) is 24.6. The van der Waals surface area contributed by atoms with Gasteiger partial charge in [0.1, 0.15) is 10.7 Å². The molecule has 0 amide bonds. The molecule has 1 atom stereocenters. The van der Waals surface area contributed by atoms with Gasteiger partial charge in [0.2, 0.25) is 0 Å². The van der Waals surface area contributed by atoms with Crippen LogP contribution in [0.3, 0.4) is 0 Å². The minimum Gasteiger partial charge on any atom is -0.396 e. The van der Waals surface area contributed by atoms with Gasteiger partial charge in [-0.15, -0.1) is 22.7 Å². The molecule has 120 valence electrons. The van der Waals surface area contributed by atoms with Crippen LogP contribution < -0.4 is 10.6 Å². The van der Waals surface area contributed by atoms with Crippen LogP contribution in [0.25, 0.3) is 0 Å². The first-order valence-corrected chi connectivity index (χ1v) is 9.31. The highest BCUT2D eigenvalue weighted by atomic mass is 32.1. The van der Waals surface area contributed by atoms with E-state index in [1.54, 1.807) is 22.7 Å². The predicted molar refractivity (Wildman–Crippen MR) is 96.5 cm³/mol. The monoisotopic (exact) mass is 354 g/mol. The average molecular weight is 354 g/mol. The second kappa shape index (κ2) is 5.02. The minimum absolute atomic E-state index is 0.290. The molecule has 24 heavy (non-hydrogen) atoms. The van der Waals surface area contributed by atoms with E-state index < -0.39 is 0 Å². The van der Waals surface area contributed by atoms with Crippen LogP contribution >= 0.6 is 22.7 Å². The van der Waals surface area contributed by atoms with Crippen LogP contribution in [-0.2, 0) is 6.54 Å². The van der Waals surface area contributed by atoms with Crippen LogP contribution in [-0.4, -0.2) is 27.2 Å². The van der Waals surface area contributed by atoms with Crippen molar-refractivity contribution in [3.05, 3.63) is 64.0 Å². The van der Waals surface area contributed by atoms with E-state index in [-0.39, 0.29) is 5.41 Å². The third kappa shape index (κ3) is 1.90.